The zero-order valence-corrected chi connectivity index (χ0v) is 16.0. The Hall–Kier alpha value is -0.0400. The lowest BCUT2D eigenvalue weighted by atomic mass is 9.88. The molecule has 1 nitrogen and oxygen atoms in total. The number of nitrogens with two attached hydrogens (primary N) is 1. The van der Waals surface area contributed by atoms with Crippen LogP contribution in [0.4, 0.5) is 0 Å². The van der Waals surface area contributed by atoms with Crippen LogP contribution in [0.1, 0.15) is 117 Å². The highest BCUT2D eigenvalue weighted by Gasteiger charge is 2.09. The molecular formula is C21H45N. The van der Waals surface area contributed by atoms with Crippen molar-refractivity contribution in [2.24, 2.45) is 17.6 Å². The Labute approximate surface area is 141 Å². The molecule has 0 amide bonds. The van der Waals surface area contributed by atoms with Crippen LogP contribution >= 0.6 is 0 Å². The first-order valence-corrected chi connectivity index (χ1v) is 10.4. The molecule has 1 atom stereocenters. The second-order valence-electron chi connectivity index (χ2n) is 7.74. The largest absolute Gasteiger partial charge is 0.330 e. The van der Waals surface area contributed by atoms with Gasteiger partial charge in [0.15, 0.2) is 0 Å². The van der Waals surface area contributed by atoms with Crippen LogP contribution in [0.5, 0.6) is 0 Å². The van der Waals surface area contributed by atoms with Crippen molar-refractivity contribution in [1.82, 2.24) is 0 Å². The topological polar surface area (TPSA) is 26.0 Å². The summed E-state index contributed by atoms with van der Waals surface area (Å²) in [5, 5.41) is 0. The van der Waals surface area contributed by atoms with Crippen molar-refractivity contribution in [2.75, 3.05) is 6.54 Å². The molecule has 1 heteroatoms. The molecule has 22 heavy (non-hydrogen) atoms. The molecule has 0 saturated heterocycles. The summed E-state index contributed by atoms with van der Waals surface area (Å²) < 4.78 is 0. The molecule has 0 aliphatic carbocycles. The molecule has 0 radical (unpaired) electrons. The maximum absolute atomic E-state index is 5.56. The summed E-state index contributed by atoms with van der Waals surface area (Å²) in [7, 11) is 0. The van der Waals surface area contributed by atoms with E-state index >= 15 is 0 Å². The molecule has 2 N–H and O–H groups in total. The predicted octanol–water partition coefficient (Wildman–Crippen LogP) is 7.09. The van der Waals surface area contributed by atoms with Crippen LogP contribution in [0, 0.1) is 11.8 Å². The van der Waals surface area contributed by atoms with Crippen molar-refractivity contribution < 1.29 is 0 Å². The SMILES string of the molecule is CCCCCCCCC(CCCCCCCN)CCC(C)C. The summed E-state index contributed by atoms with van der Waals surface area (Å²) in [5.41, 5.74) is 5.56. The van der Waals surface area contributed by atoms with Gasteiger partial charge in [0.1, 0.15) is 0 Å². The van der Waals surface area contributed by atoms with Gasteiger partial charge >= 0.3 is 0 Å². The van der Waals surface area contributed by atoms with E-state index in [1.54, 1.807) is 0 Å². The summed E-state index contributed by atoms with van der Waals surface area (Å²) in [4.78, 5) is 0. The lowest BCUT2D eigenvalue weighted by Crippen LogP contribution is -2.03. The third-order valence-corrected chi connectivity index (χ3v) is 4.93. The number of rotatable bonds is 17. The molecule has 0 heterocycles. The molecule has 0 aromatic heterocycles. The van der Waals surface area contributed by atoms with E-state index in [4.69, 9.17) is 5.73 Å². The standard InChI is InChI=1S/C21H45N/c1-4-5-6-7-9-12-15-21(18-17-20(2)3)16-13-10-8-11-14-19-22/h20-21H,4-19,22H2,1-3H3. The van der Waals surface area contributed by atoms with Crippen molar-refractivity contribution in [2.45, 2.75) is 117 Å². The van der Waals surface area contributed by atoms with Crippen molar-refractivity contribution in [3.05, 3.63) is 0 Å². The highest BCUT2D eigenvalue weighted by molar-refractivity contribution is 4.62. The van der Waals surface area contributed by atoms with Crippen molar-refractivity contribution >= 4 is 0 Å². The summed E-state index contributed by atoms with van der Waals surface area (Å²) in [6.07, 6.45) is 21.3. The van der Waals surface area contributed by atoms with E-state index in [0.717, 1.165) is 18.4 Å². The van der Waals surface area contributed by atoms with Gasteiger partial charge in [-0.05, 0) is 24.8 Å². The Bertz CT molecular complexity index is 184. The summed E-state index contributed by atoms with van der Waals surface area (Å²) in [5.74, 6) is 1.87. The van der Waals surface area contributed by atoms with E-state index in [0.29, 0.717) is 0 Å². The fraction of sp³-hybridized carbons (Fsp3) is 1.00. The molecule has 0 aliphatic heterocycles. The quantitative estimate of drug-likeness (QED) is 0.285. The van der Waals surface area contributed by atoms with Crippen LogP contribution in [0.15, 0.2) is 0 Å². The molecule has 0 bridgehead atoms. The van der Waals surface area contributed by atoms with Crippen LogP contribution in [0.3, 0.4) is 0 Å². The van der Waals surface area contributed by atoms with Crippen molar-refractivity contribution in [1.29, 1.82) is 0 Å². The number of hydrogen-bond donors (Lipinski definition) is 1. The first-order chi connectivity index (χ1) is 10.7. The Morgan fingerprint density at radius 1 is 0.591 bits per heavy atom. The first kappa shape index (κ1) is 22.0. The van der Waals surface area contributed by atoms with Gasteiger partial charge in [-0.1, -0.05) is 111 Å². The predicted molar refractivity (Wildman–Crippen MR) is 102 cm³/mol. The number of unbranched alkanes of at least 4 members (excludes halogenated alkanes) is 9. The third kappa shape index (κ3) is 16.3. The van der Waals surface area contributed by atoms with Gasteiger partial charge in [0.2, 0.25) is 0 Å². The molecule has 0 saturated carbocycles. The second-order valence-corrected chi connectivity index (χ2v) is 7.74. The monoisotopic (exact) mass is 311 g/mol. The highest BCUT2D eigenvalue weighted by atomic mass is 14.5. The second kappa shape index (κ2) is 17.3. The summed E-state index contributed by atoms with van der Waals surface area (Å²) in [6.45, 7) is 7.91. The minimum Gasteiger partial charge on any atom is -0.330 e. The summed E-state index contributed by atoms with van der Waals surface area (Å²) >= 11 is 0. The lowest BCUT2D eigenvalue weighted by Gasteiger charge is -2.18. The fourth-order valence-corrected chi connectivity index (χ4v) is 3.32. The molecule has 0 aromatic carbocycles. The van der Waals surface area contributed by atoms with Crippen molar-refractivity contribution in [3.63, 3.8) is 0 Å². The Morgan fingerprint density at radius 3 is 1.59 bits per heavy atom. The van der Waals surface area contributed by atoms with Crippen molar-refractivity contribution in [3.8, 4) is 0 Å². The molecule has 1 unspecified atom stereocenters. The maximum atomic E-state index is 5.56. The van der Waals surface area contributed by atoms with Gasteiger partial charge in [0, 0.05) is 0 Å². The smallest absolute Gasteiger partial charge is 0.00773 e. The van der Waals surface area contributed by atoms with E-state index in [1.165, 1.54) is 96.3 Å². The fourth-order valence-electron chi connectivity index (χ4n) is 3.32. The number of hydrogen-bond acceptors (Lipinski definition) is 1. The molecular weight excluding hydrogens is 266 g/mol. The lowest BCUT2D eigenvalue weighted by molar-refractivity contribution is 0.352. The zero-order valence-electron chi connectivity index (χ0n) is 16.0. The Morgan fingerprint density at radius 2 is 1.09 bits per heavy atom. The molecule has 0 aliphatic rings. The molecule has 0 fully saturated rings. The maximum Gasteiger partial charge on any atom is -0.00773 e. The Balaban J connectivity index is 3.70. The van der Waals surface area contributed by atoms with E-state index < -0.39 is 0 Å². The van der Waals surface area contributed by atoms with Crippen LogP contribution in [0.2, 0.25) is 0 Å². The van der Waals surface area contributed by atoms with Gasteiger partial charge in [-0.2, -0.15) is 0 Å². The normalized spacial score (nSPS) is 13.0. The molecule has 0 rings (SSSR count). The molecule has 0 spiro atoms. The zero-order chi connectivity index (χ0) is 16.5. The Kier molecular flexibility index (Phi) is 17.3. The average molecular weight is 312 g/mol. The first-order valence-electron chi connectivity index (χ1n) is 10.4. The van der Waals surface area contributed by atoms with Gasteiger partial charge in [-0.25, -0.2) is 0 Å². The van der Waals surface area contributed by atoms with Gasteiger partial charge < -0.3 is 5.73 Å². The minimum absolute atomic E-state index is 0.870. The van der Waals surface area contributed by atoms with Crippen LogP contribution < -0.4 is 5.73 Å². The van der Waals surface area contributed by atoms with Gasteiger partial charge in [0.05, 0.1) is 0 Å². The van der Waals surface area contributed by atoms with Crippen LogP contribution in [-0.2, 0) is 0 Å². The van der Waals surface area contributed by atoms with Gasteiger partial charge in [-0.3, -0.25) is 0 Å². The van der Waals surface area contributed by atoms with Crippen LogP contribution in [0.25, 0.3) is 0 Å². The molecule has 134 valence electrons. The van der Waals surface area contributed by atoms with Gasteiger partial charge in [0.25, 0.3) is 0 Å². The molecule has 0 aromatic rings. The van der Waals surface area contributed by atoms with E-state index in [-0.39, 0.29) is 0 Å². The van der Waals surface area contributed by atoms with E-state index in [1.807, 2.05) is 0 Å². The third-order valence-electron chi connectivity index (χ3n) is 4.93. The van der Waals surface area contributed by atoms with E-state index in [2.05, 4.69) is 20.8 Å². The highest BCUT2D eigenvalue weighted by Crippen LogP contribution is 2.24. The van der Waals surface area contributed by atoms with Gasteiger partial charge in [-0.15, -0.1) is 0 Å². The van der Waals surface area contributed by atoms with Crippen LogP contribution in [-0.4, -0.2) is 6.54 Å². The van der Waals surface area contributed by atoms with E-state index in [9.17, 15) is 0 Å². The average Bonchev–Trinajstić information content (AvgIpc) is 2.50. The summed E-state index contributed by atoms with van der Waals surface area (Å²) in [6, 6.07) is 0. The minimum atomic E-state index is 0.870.